The lowest BCUT2D eigenvalue weighted by atomic mass is 10.2. The maximum Gasteiger partial charge on any atom is 0.257 e. The lowest BCUT2D eigenvalue weighted by Gasteiger charge is -2.13. The number of ether oxygens (including phenoxy) is 1. The molecule has 0 atom stereocenters. The van der Waals surface area contributed by atoms with Crippen molar-refractivity contribution in [2.24, 2.45) is 0 Å². The van der Waals surface area contributed by atoms with Gasteiger partial charge in [0.15, 0.2) is 5.11 Å². The van der Waals surface area contributed by atoms with E-state index in [9.17, 15) is 4.79 Å². The molecule has 0 fully saturated rings. The van der Waals surface area contributed by atoms with E-state index < -0.39 is 0 Å². The highest BCUT2D eigenvalue weighted by Gasteiger charge is 2.14. The van der Waals surface area contributed by atoms with Gasteiger partial charge in [0.2, 0.25) is 0 Å². The third-order valence-corrected chi connectivity index (χ3v) is 6.37. The number of anilines is 1. The Balaban J connectivity index is 1.46. The minimum Gasteiger partial charge on any atom is -0.494 e. The molecule has 0 bridgehead atoms. The Bertz CT molecular complexity index is 1260. The predicted octanol–water partition coefficient (Wildman–Crippen LogP) is 6.92. The van der Waals surface area contributed by atoms with Gasteiger partial charge in [0.25, 0.3) is 5.91 Å². The van der Waals surface area contributed by atoms with Crippen molar-refractivity contribution in [1.82, 2.24) is 10.3 Å². The van der Waals surface area contributed by atoms with Crippen LogP contribution in [-0.2, 0) is 0 Å². The first-order valence-corrected chi connectivity index (χ1v) is 12.1. The molecule has 0 unspecified atom stereocenters. The maximum atomic E-state index is 12.6. The van der Waals surface area contributed by atoms with Crippen molar-refractivity contribution in [3.63, 3.8) is 0 Å². The average Bonchev–Trinajstić information content (AvgIpc) is 3.25. The SMILES string of the molecule is CCCCOc1ccc(C(=O)NC(=S)Nc2ccc(Cl)cc2-c2nc3ccccc3s2)cc1. The molecule has 168 valence electrons. The number of para-hydroxylation sites is 1. The molecule has 0 radical (unpaired) electrons. The van der Waals surface area contributed by atoms with Crippen LogP contribution in [0.15, 0.2) is 66.7 Å². The molecule has 2 N–H and O–H groups in total. The van der Waals surface area contributed by atoms with Gasteiger partial charge in [-0.2, -0.15) is 0 Å². The van der Waals surface area contributed by atoms with Crippen LogP contribution >= 0.6 is 35.2 Å². The van der Waals surface area contributed by atoms with Gasteiger partial charge in [0, 0.05) is 16.1 Å². The molecule has 33 heavy (non-hydrogen) atoms. The fourth-order valence-corrected chi connectivity index (χ4v) is 4.53. The Morgan fingerprint density at radius 1 is 1.12 bits per heavy atom. The Kier molecular flexibility index (Phi) is 7.54. The molecule has 0 saturated carbocycles. The zero-order chi connectivity index (χ0) is 23.2. The van der Waals surface area contributed by atoms with Crippen molar-refractivity contribution in [3.05, 3.63) is 77.3 Å². The Hall–Kier alpha value is -3.00. The number of fused-ring (bicyclic) bond motifs is 1. The van der Waals surface area contributed by atoms with Gasteiger partial charge in [0.1, 0.15) is 10.8 Å². The summed E-state index contributed by atoms with van der Waals surface area (Å²) in [6, 6.07) is 20.4. The molecule has 1 aromatic heterocycles. The summed E-state index contributed by atoms with van der Waals surface area (Å²) in [4.78, 5) is 17.3. The summed E-state index contributed by atoms with van der Waals surface area (Å²) in [6.07, 6.45) is 2.06. The normalized spacial score (nSPS) is 10.7. The van der Waals surface area contributed by atoms with E-state index in [4.69, 9.17) is 33.5 Å². The van der Waals surface area contributed by atoms with E-state index in [1.54, 1.807) is 41.7 Å². The van der Waals surface area contributed by atoms with E-state index in [-0.39, 0.29) is 11.0 Å². The van der Waals surface area contributed by atoms with Crippen molar-refractivity contribution in [2.75, 3.05) is 11.9 Å². The molecule has 4 rings (SSSR count). The number of nitrogens with zero attached hydrogens (tertiary/aromatic N) is 1. The monoisotopic (exact) mass is 495 g/mol. The lowest BCUT2D eigenvalue weighted by Crippen LogP contribution is -2.34. The maximum absolute atomic E-state index is 12.6. The quantitative estimate of drug-likeness (QED) is 0.215. The van der Waals surface area contributed by atoms with Crippen molar-refractivity contribution >= 4 is 62.1 Å². The van der Waals surface area contributed by atoms with Gasteiger partial charge in [-0.25, -0.2) is 4.98 Å². The van der Waals surface area contributed by atoms with Crippen LogP contribution in [0.5, 0.6) is 5.75 Å². The van der Waals surface area contributed by atoms with Gasteiger partial charge in [0.05, 0.1) is 22.5 Å². The van der Waals surface area contributed by atoms with E-state index in [1.165, 1.54) is 0 Å². The molecule has 5 nitrogen and oxygen atoms in total. The van der Waals surface area contributed by atoms with Crippen LogP contribution < -0.4 is 15.4 Å². The molecule has 0 aliphatic rings. The Labute approximate surface area is 206 Å². The summed E-state index contributed by atoms with van der Waals surface area (Å²) >= 11 is 13.2. The van der Waals surface area contributed by atoms with Crippen molar-refractivity contribution in [2.45, 2.75) is 19.8 Å². The first-order chi connectivity index (χ1) is 16.0. The standard InChI is InChI=1S/C25H22ClN3O2S2/c1-2-3-14-31-18-11-8-16(9-12-18)23(30)29-25(32)28-20-13-10-17(26)15-19(20)24-27-21-6-4-5-7-22(21)33-24/h4-13,15H,2-3,14H2,1H3,(H2,28,29,30,32). The van der Waals surface area contributed by atoms with Crippen molar-refractivity contribution < 1.29 is 9.53 Å². The van der Waals surface area contributed by atoms with Gasteiger partial charge in [-0.3, -0.25) is 10.1 Å². The molecular weight excluding hydrogens is 474 g/mol. The summed E-state index contributed by atoms with van der Waals surface area (Å²) in [6.45, 7) is 2.77. The number of rotatable bonds is 7. The van der Waals surface area contributed by atoms with Crippen LogP contribution in [0.4, 0.5) is 5.69 Å². The van der Waals surface area contributed by atoms with Crippen LogP contribution in [0.1, 0.15) is 30.1 Å². The number of carbonyl (C=O) groups excluding carboxylic acids is 1. The van der Waals surface area contributed by atoms with Crippen LogP contribution in [0.25, 0.3) is 20.8 Å². The fourth-order valence-electron chi connectivity index (χ4n) is 3.16. The number of carbonyl (C=O) groups is 1. The Morgan fingerprint density at radius 2 is 1.91 bits per heavy atom. The minimum atomic E-state index is -0.303. The van der Waals surface area contributed by atoms with Gasteiger partial charge in [-0.1, -0.05) is 37.1 Å². The van der Waals surface area contributed by atoms with Gasteiger partial charge in [-0.15, -0.1) is 11.3 Å². The molecule has 0 spiro atoms. The van der Waals surface area contributed by atoms with Crippen molar-refractivity contribution in [3.8, 4) is 16.3 Å². The van der Waals surface area contributed by atoms with E-state index in [0.29, 0.717) is 22.9 Å². The molecule has 0 aliphatic carbocycles. The highest BCUT2D eigenvalue weighted by molar-refractivity contribution is 7.80. The van der Waals surface area contributed by atoms with E-state index in [1.807, 2.05) is 36.4 Å². The summed E-state index contributed by atoms with van der Waals surface area (Å²) in [5.74, 6) is 0.436. The molecule has 4 aromatic rings. The van der Waals surface area contributed by atoms with Crippen LogP contribution in [0.2, 0.25) is 5.02 Å². The van der Waals surface area contributed by atoms with Crippen LogP contribution in [0.3, 0.4) is 0 Å². The van der Waals surface area contributed by atoms with Crippen LogP contribution in [-0.4, -0.2) is 22.6 Å². The summed E-state index contributed by atoms with van der Waals surface area (Å²) in [7, 11) is 0. The first kappa shape index (κ1) is 23.2. The van der Waals surface area contributed by atoms with Gasteiger partial charge in [-0.05, 0) is 73.2 Å². The predicted molar refractivity (Wildman–Crippen MR) is 141 cm³/mol. The molecule has 0 aliphatic heterocycles. The number of thiocarbonyl (C=S) groups is 1. The molecular formula is C25H22ClN3O2S2. The Morgan fingerprint density at radius 3 is 2.67 bits per heavy atom. The third kappa shape index (κ3) is 5.87. The number of hydrogen-bond donors (Lipinski definition) is 2. The number of hydrogen-bond acceptors (Lipinski definition) is 5. The largest absolute Gasteiger partial charge is 0.494 e. The highest BCUT2D eigenvalue weighted by Crippen LogP contribution is 2.36. The minimum absolute atomic E-state index is 0.188. The highest BCUT2D eigenvalue weighted by atomic mass is 35.5. The number of nitrogens with one attached hydrogen (secondary N) is 2. The first-order valence-electron chi connectivity index (χ1n) is 10.5. The summed E-state index contributed by atoms with van der Waals surface area (Å²) < 4.78 is 6.72. The number of halogens is 1. The smallest absolute Gasteiger partial charge is 0.257 e. The lowest BCUT2D eigenvalue weighted by molar-refractivity contribution is 0.0977. The second kappa shape index (κ2) is 10.7. The molecule has 0 saturated heterocycles. The summed E-state index contributed by atoms with van der Waals surface area (Å²) in [5, 5.41) is 7.43. The fraction of sp³-hybridized carbons (Fsp3) is 0.160. The van der Waals surface area contributed by atoms with E-state index >= 15 is 0 Å². The van der Waals surface area contributed by atoms with Crippen LogP contribution in [0, 0.1) is 0 Å². The number of benzene rings is 3. The molecule has 1 heterocycles. The van der Waals surface area contributed by atoms with Gasteiger partial charge >= 0.3 is 0 Å². The summed E-state index contributed by atoms with van der Waals surface area (Å²) in [5.41, 5.74) is 2.93. The second-order valence-corrected chi connectivity index (χ2v) is 9.19. The zero-order valence-electron chi connectivity index (χ0n) is 17.9. The van der Waals surface area contributed by atoms with E-state index in [2.05, 4.69) is 17.6 Å². The third-order valence-electron chi connectivity index (χ3n) is 4.86. The molecule has 3 aromatic carbocycles. The van der Waals surface area contributed by atoms with Crippen molar-refractivity contribution in [1.29, 1.82) is 0 Å². The molecule has 8 heteroatoms. The molecule has 1 amide bonds. The zero-order valence-corrected chi connectivity index (χ0v) is 20.3. The topological polar surface area (TPSA) is 63.2 Å². The second-order valence-electron chi connectivity index (χ2n) is 7.31. The number of aromatic nitrogens is 1. The number of thiazole rings is 1. The number of amides is 1. The van der Waals surface area contributed by atoms with Gasteiger partial charge < -0.3 is 10.1 Å². The average molecular weight is 496 g/mol. The van der Waals surface area contributed by atoms with E-state index in [0.717, 1.165) is 39.4 Å². The number of unbranched alkanes of at least 4 members (excludes halogenated alkanes) is 1.